The van der Waals surface area contributed by atoms with Gasteiger partial charge in [0.05, 0.1) is 41.6 Å². The Bertz CT molecular complexity index is 1060. The predicted molar refractivity (Wildman–Crippen MR) is 104 cm³/mol. The van der Waals surface area contributed by atoms with Crippen LogP contribution < -0.4 is 4.90 Å². The van der Waals surface area contributed by atoms with Crippen molar-refractivity contribution in [2.45, 2.75) is 12.5 Å². The summed E-state index contributed by atoms with van der Waals surface area (Å²) in [4.78, 5) is 18.6. The van der Waals surface area contributed by atoms with Gasteiger partial charge in [-0.15, -0.1) is 5.10 Å². The van der Waals surface area contributed by atoms with Gasteiger partial charge in [-0.25, -0.2) is 4.39 Å². The van der Waals surface area contributed by atoms with Crippen LogP contribution in [0.25, 0.3) is 5.69 Å². The third-order valence-corrected chi connectivity index (χ3v) is 5.79. The number of aromatic nitrogens is 5. The molecule has 5 rings (SSSR count). The predicted octanol–water partition coefficient (Wildman–Crippen LogP) is 2.20. The molecule has 29 heavy (non-hydrogen) atoms. The van der Waals surface area contributed by atoms with Gasteiger partial charge < -0.3 is 9.80 Å². The fourth-order valence-electron chi connectivity index (χ4n) is 4.13. The summed E-state index contributed by atoms with van der Waals surface area (Å²) < 4.78 is 13.9. The van der Waals surface area contributed by atoms with Gasteiger partial charge in [0.1, 0.15) is 5.82 Å². The molecule has 0 bridgehead atoms. The van der Waals surface area contributed by atoms with Gasteiger partial charge in [-0.05, 0) is 24.6 Å². The molecule has 2 aliphatic rings. The number of hydrogen-bond acceptors (Lipinski definition) is 6. The first-order valence-corrected chi connectivity index (χ1v) is 9.68. The van der Waals surface area contributed by atoms with Gasteiger partial charge in [0.2, 0.25) is 0 Å². The minimum absolute atomic E-state index is 0.174. The quantitative estimate of drug-likeness (QED) is 0.655. The number of anilines is 1. The molecule has 148 valence electrons. The smallest absolute Gasteiger partial charge is 0.256 e. The Balaban J connectivity index is 1.40. The van der Waals surface area contributed by atoms with E-state index in [0.29, 0.717) is 29.8 Å². The van der Waals surface area contributed by atoms with Crippen molar-refractivity contribution >= 4 is 23.2 Å². The molecule has 2 aliphatic heterocycles. The van der Waals surface area contributed by atoms with Crippen LogP contribution in [0.3, 0.4) is 0 Å². The van der Waals surface area contributed by atoms with Crippen LogP contribution >= 0.6 is 11.6 Å². The first kappa shape index (κ1) is 18.0. The van der Waals surface area contributed by atoms with Crippen LogP contribution in [0.5, 0.6) is 0 Å². The minimum atomic E-state index is -0.470. The third-order valence-electron chi connectivity index (χ3n) is 5.61. The first-order chi connectivity index (χ1) is 14.1. The topological polar surface area (TPSA) is 80.0 Å². The van der Waals surface area contributed by atoms with Crippen LogP contribution in [0.15, 0.2) is 42.9 Å². The molecule has 2 saturated heterocycles. The summed E-state index contributed by atoms with van der Waals surface area (Å²) >= 11 is 5.97. The van der Waals surface area contributed by atoms with Gasteiger partial charge in [0.15, 0.2) is 5.15 Å². The van der Waals surface area contributed by atoms with E-state index >= 15 is 0 Å². The number of rotatable bonds is 3. The Hall–Kier alpha value is -3.07. The van der Waals surface area contributed by atoms with Gasteiger partial charge in [0, 0.05) is 31.6 Å². The van der Waals surface area contributed by atoms with Crippen molar-refractivity contribution in [2.75, 3.05) is 24.5 Å². The van der Waals surface area contributed by atoms with Gasteiger partial charge in [-0.1, -0.05) is 11.6 Å². The van der Waals surface area contributed by atoms with E-state index in [1.807, 2.05) is 0 Å². The highest BCUT2D eigenvalue weighted by Crippen LogP contribution is 2.37. The van der Waals surface area contributed by atoms with Crippen molar-refractivity contribution in [3.8, 4) is 5.69 Å². The number of nitrogens with zero attached hydrogens (tertiary/aromatic N) is 7. The highest BCUT2D eigenvalue weighted by Gasteiger charge is 2.44. The Kier molecular flexibility index (Phi) is 4.39. The Morgan fingerprint density at radius 1 is 1.17 bits per heavy atom. The molecule has 0 saturated carbocycles. The van der Waals surface area contributed by atoms with Crippen LogP contribution in [-0.2, 0) is 0 Å². The second kappa shape index (κ2) is 7.07. The summed E-state index contributed by atoms with van der Waals surface area (Å²) in [6.07, 6.45) is 5.60. The van der Waals surface area contributed by atoms with Crippen molar-refractivity contribution in [3.63, 3.8) is 0 Å². The van der Waals surface area contributed by atoms with Crippen molar-refractivity contribution in [1.29, 1.82) is 0 Å². The summed E-state index contributed by atoms with van der Waals surface area (Å²) in [5.74, 6) is -0.194. The molecule has 0 N–H and O–H groups in total. The fraction of sp³-hybridized carbons (Fsp3) is 0.316. The maximum atomic E-state index is 13.9. The van der Waals surface area contributed by atoms with Gasteiger partial charge in [-0.3, -0.25) is 4.79 Å². The monoisotopic (exact) mass is 413 g/mol. The molecule has 2 aromatic heterocycles. The highest BCUT2D eigenvalue weighted by atomic mass is 35.5. The molecule has 0 radical (unpaired) electrons. The molecule has 1 aromatic carbocycles. The molecule has 8 nitrogen and oxygen atoms in total. The van der Waals surface area contributed by atoms with Gasteiger partial charge in [-0.2, -0.15) is 20.1 Å². The number of likely N-dealkylation sites (tertiary alicyclic amines) is 1. The van der Waals surface area contributed by atoms with Crippen molar-refractivity contribution < 1.29 is 9.18 Å². The van der Waals surface area contributed by atoms with Gasteiger partial charge in [0.25, 0.3) is 5.91 Å². The van der Waals surface area contributed by atoms with Crippen LogP contribution in [0.1, 0.15) is 16.8 Å². The van der Waals surface area contributed by atoms with E-state index in [9.17, 15) is 9.18 Å². The number of carbonyl (C=O) groups is 1. The number of fused-ring (bicyclic) bond motifs is 1. The molecule has 4 heterocycles. The fourth-order valence-corrected chi connectivity index (χ4v) is 4.29. The molecule has 3 aromatic rings. The van der Waals surface area contributed by atoms with Crippen molar-refractivity contribution in [1.82, 2.24) is 30.1 Å². The SMILES string of the molecule is O=C(c1cc(F)ccc1-n1nccn1)N1CC[C@H]2CN(c3cnnc(Cl)c3)[C@H]2C1. The van der Waals surface area contributed by atoms with Crippen LogP contribution in [0.2, 0.25) is 5.15 Å². The summed E-state index contributed by atoms with van der Waals surface area (Å²) in [7, 11) is 0. The molecular weight excluding hydrogens is 397 g/mol. The van der Waals surface area contributed by atoms with Gasteiger partial charge >= 0.3 is 0 Å². The zero-order valence-electron chi connectivity index (χ0n) is 15.3. The lowest BCUT2D eigenvalue weighted by Gasteiger charge is -2.54. The molecule has 0 aliphatic carbocycles. The average Bonchev–Trinajstić information content (AvgIpc) is 3.23. The first-order valence-electron chi connectivity index (χ1n) is 9.30. The number of halogens is 2. The maximum Gasteiger partial charge on any atom is 0.256 e. The van der Waals surface area contributed by atoms with Crippen LogP contribution in [-0.4, -0.2) is 61.7 Å². The normalized spacial score (nSPS) is 20.9. The lowest BCUT2D eigenvalue weighted by molar-refractivity contribution is 0.0591. The number of benzene rings is 1. The van der Waals surface area contributed by atoms with Crippen molar-refractivity contribution in [3.05, 3.63) is 59.4 Å². The van der Waals surface area contributed by atoms with E-state index in [-0.39, 0.29) is 17.5 Å². The van der Waals surface area contributed by atoms with E-state index in [1.165, 1.54) is 35.4 Å². The number of piperidine rings is 1. The largest absolute Gasteiger partial charge is 0.365 e. The van der Waals surface area contributed by atoms with Crippen LogP contribution in [0.4, 0.5) is 10.1 Å². The van der Waals surface area contributed by atoms with E-state index in [1.54, 1.807) is 17.2 Å². The van der Waals surface area contributed by atoms with E-state index < -0.39 is 5.82 Å². The van der Waals surface area contributed by atoms with E-state index in [2.05, 4.69) is 25.3 Å². The van der Waals surface area contributed by atoms with Crippen LogP contribution in [0, 0.1) is 11.7 Å². The standard InChI is InChI=1S/C19H17ClFN7O/c20-18-8-14(9-22-25-18)27-10-12-3-6-26(11-17(12)27)19(29)15-7-13(21)1-2-16(15)28-23-4-5-24-28/h1-2,4-5,7-9,12,17H,3,6,10-11H2/t12-,17-/m0/s1. The minimum Gasteiger partial charge on any atom is -0.365 e. The zero-order valence-corrected chi connectivity index (χ0v) is 16.1. The summed E-state index contributed by atoms with van der Waals surface area (Å²) in [5.41, 5.74) is 1.60. The molecule has 0 unspecified atom stereocenters. The molecular formula is C19H17ClFN7O. The molecule has 0 spiro atoms. The molecule has 2 fully saturated rings. The van der Waals surface area contributed by atoms with E-state index in [4.69, 9.17) is 11.6 Å². The summed E-state index contributed by atoms with van der Waals surface area (Å²) in [5, 5.41) is 16.2. The Morgan fingerprint density at radius 2 is 2.00 bits per heavy atom. The molecule has 10 heteroatoms. The molecule has 1 amide bonds. The lowest BCUT2D eigenvalue weighted by atomic mass is 9.81. The number of hydrogen-bond donors (Lipinski definition) is 0. The summed E-state index contributed by atoms with van der Waals surface area (Å²) in [6.45, 7) is 2.08. The Morgan fingerprint density at radius 3 is 2.79 bits per heavy atom. The maximum absolute atomic E-state index is 13.9. The Labute approximate surface area is 170 Å². The third kappa shape index (κ3) is 3.21. The van der Waals surface area contributed by atoms with E-state index in [0.717, 1.165) is 18.7 Å². The average molecular weight is 414 g/mol. The lowest BCUT2D eigenvalue weighted by Crippen LogP contribution is -2.65. The second-order valence-electron chi connectivity index (χ2n) is 7.24. The molecule has 2 atom stereocenters. The zero-order chi connectivity index (χ0) is 20.0. The number of carbonyl (C=O) groups excluding carboxylic acids is 1. The number of amides is 1. The second-order valence-corrected chi connectivity index (χ2v) is 7.62. The highest BCUT2D eigenvalue weighted by molar-refractivity contribution is 6.29. The van der Waals surface area contributed by atoms with Crippen molar-refractivity contribution in [2.24, 2.45) is 5.92 Å². The summed E-state index contributed by atoms with van der Waals surface area (Å²) in [6, 6.07) is 6.02.